The number of benzene rings is 3. The van der Waals surface area contributed by atoms with E-state index in [2.05, 4.69) is 22.6 Å². The van der Waals surface area contributed by atoms with Gasteiger partial charge in [-0.3, -0.25) is 0 Å². The first-order valence-electron chi connectivity index (χ1n) is 9.29. The fraction of sp³-hybridized carbons (Fsp3) is 0.130. The van der Waals surface area contributed by atoms with E-state index in [4.69, 9.17) is 23.2 Å². The molecule has 1 atom stereocenters. The molecule has 6 heteroatoms. The molecule has 0 aromatic heterocycles. The van der Waals surface area contributed by atoms with Gasteiger partial charge in [0.05, 0.1) is 12.3 Å². The highest BCUT2D eigenvalue weighted by atomic mass is 35.5. The van der Waals surface area contributed by atoms with Gasteiger partial charge in [0, 0.05) is 22.5 Å². The van der Waals surface area contributed by atoms with E-state index >= 15 is 0 Å². The second-order valence-corrected chi connectivity index (χ2v) is 7.70. The number of nitrogens with zero attached hydrogens (tertiary/aromatic N) is 2. The monoisotopic (exact) mass is 423 g/mol. The lowest BCUT2D eigenvalue weighted by molar-refractivity contribution is 0.203. The number of nitrogens with one attached hydrogen (secondary N) is 1. The Morgan fingerprint density at radius 2 is 1.55 bits per heavy atom. The number of urea groups is 1. The van der Waals surface area contributed by atoms with E-state index in [0.29, 0.717) is 23.1 Å². The van der Waals surface area contributed by atoms with Gasteiger partial charge < -0.3 is 5.32 Å². The summed E-state index contributed by atoms with van der Waals surface area (Å²) in [6.07, 6.45) is 0. The molecule has 0 bridgehead atoms. The maximum atomic E-state index is 12.8. The zero-order valence-electron chi connectivity index (χ0n) is 15.6. The number of hydrogen-bond acceptors (Lipinski definition) is 2. The predicted molar refractivity (Wildman–Crippen MR) is 118 cm³/mol. The third-order valence-electron chi connectivity index (χ3n) is 4.85. The van der Waals surface area contributed by atoms with Crippen LogP contribution in [0.1, 0.15) is 22.6 Å². The minimum absolute atomic E-state index is 0.00124. The first-order chi connectivity index (χ1) is 14.1. The summed E-state index contributed by atoms with van der Waals surface area (Å²) in [5, 5.41) is 10.4. The Labute approximate surface area is 179 Å². The predicted octanol–water partition coefficient (Wildman–Crippen LogP) is 5.71. The number of amides is 2. The lowest BCUT2D eigenvalue weighted by Crippen LogP contribution is -2.35. The van der Waals surface area contributed by atoms with Crippen LogP contribution >= 0.6 is 23.2 Å². The Morgan fingerprint density at radius 3 is 2.21 bits per heavy atom. The minimum Gasteiger partial charge on any atom is -0.332 e. The molecule has 0 spiro atoms. The number of carbonyl (C=O) groups excluding carboxylic acids is 1. The standard InChI is InChI=1S/C23H19Cl2N3O/c24-19-10-6-16(7-11-19)14-26-23(29)28-15-21(17-4-2-1-3-5-17)22(27-28)18-8-12-20(25)13-9-18/h1-13,21H,14-15H2,(H,26,29)/t21-/m0/s1. The van der Waals surface area contributed by atoms with Crippen molar-refractivity contribution in [2.75, 3.05) is 6.54 Å². The Bertz CT molecular complexity index is 1020. The van der Waals surface area contributed by atoms with E-state index in [1.807, 2.05) is 54.6 Å². The number of hydrazone groups is 1. The van der Waals surface area contributed by atoms with Gasteiger partial charge in [0.25, 0.3) is 0 Å². The largest absolute Gasteiger partial charge is 0.338 e. The van der Waals surface area contributed by atoms with Crippen LogP contribution in [-0.4, -0.2) is 23.3 Å². The molecule has 1 aliphatic heterocycles. The molecule has 0 radical (unpaired) electrons. The average Bonchev–Trinajstić information content (AvgIpc) is 3.20. The molecule has 1 heterocycles. The van der Waals surface area contributed by atoms with E-state index in [-0.39, 0.29) is 11.9 Å². The summed E-state index contributed by atoms with van der Waals surface area (Å²) in [5.41, 5.74) is 3.91. The smallest absolute Gasteiger partial charge is 0.332 e. The number of hydrogen-bond donors (Lipinski definition) is 1. The molecule has 3 aromatic rings. The van der Waals surface area contributed by atoms with Crippen LogP contribution in [0, 0.1) is 0 Å². The Morgan fingerprint density at radius 1 is 0.931 bits per heavy atom. The van der Waals surface area contributed by atoms with Gasteiger partial charge in [-0.25, -0.2) is 9.80 Å². The van der Waals surface area contributed by atoms with Gasteiger partial charge >= 0.3 is 6.03 Å². The lowest BCUT2D eigenvalue weighted by Gasteiger charge is -2.16. The zero-order chi connectivity index (χ0) is 20.2. The molecule has 4 rings (SSSR count). The van der Waals surface area contributed by atoms with Crippen molar-refractivity contribution in [2.45, 2.75) is 12.5 Å². The van der Waals surface area contributed by atoms with Crippen LogP contribution < -0.4 is 5.32 Å². The maximum Gasteiger partial charge on any atom is 0.338 e. The highest BCUT2D eigenvalue weighted by Gasteiger charge is 2.32. The third kappa shape index (κ3) is 4.61. The maximum absolute atomic E-state index is 12.8. The average molecular weight is 424 g/mol. The second-order valence-electron chi connectivity index (χ2n) is 6.82. The topological polar surface area (TPSA) is 44.7 Å². The summed E-state index contributed by atoms with van der Waals surface area (Å²) < 4.78 is 0. The number of rotatable bonds is 4. The van der Waals surface area contributed by atoms with Gasteiger partial charge in [0.2, 0.25) is 0 Å². The highest BCUT2D eigenvalue weighted by molar-refractivity contribution is 6.31. The molecule has 2 amide bonds. The summed E-state index contributed by atoms with van der Waals surface area (Å²) >= 11 is 12.0. The van der Waals surface area contributed by atoms with Crippen molar-refractivity contribution in [1.82, 2.24) is 10.3 Å². The molecule has 0 saturated heterocycles. The molecule has 1 N–H and O–H groups in total. The van der Waals surface area contributed by atoms with E-state index in [9.17, 15) is 4.79 Å². The van der Waals surface area contributed by atoms with Crippen molar-refractivity contribution in [3.05, 3.63) is 106 Å². The lowest BCUT2D eigenvalue weighted by atomic mass is 9.91. The molecular formula is C23H19Cl2N3O. The van der Waals surface area contributed by atoms with Crippen LogP contribution in [0.15, 0.2) is 84.0 Å². The van der Waals surface area contributed by atoms with Crippen LogP contribution in [0.3, 0.4) is 0 Å². The molecule has 29 heavy (non-hydrogen) atoms. The van der Waals surface area contributed by atoms with Crippen LogP contribution in [0.2, 0.25) is 10.0 Å². The molecule has 0 unspecified atom stereocenters. The van der Waals surface area contributed by atoms with Crippen LogP contribution in [-0.2, 0) is 6.54 Å². The van der Waals surface area contributed by atoms with Gasteiger partial charge in [-0.1, -0.05) is 77.8 Å². The zero-order valence-corrected chi connectivity index (χ0v) is 17.1. The molecule has 0 saturated carbocycles. The summed E-state index contributed by atoms with van der Waals surface area (Å²) in [4.78, 5) is 12.8. The molecule has 4 nitrogen and oxygen atoms in total. The van der Waals surface area contributed by atoms with Crippen LogP contribution in [0.4, 0.5) is 4.79 Å². The van der Waals surface area contributed by atoms with Crippen molar-refractivity contribution >= 4 is 34.9 Å². The minimum atomic E-state index is -0.232. The van der Waals surface area contributed by atoms with Crippen molar-refractivity contribution in [1.29, 1.82) is 0 Å². The van der Waals surface area contributed by atoms with Crippen molar-refractivity contribution in [3.8, 4) is 0 Å². The van der Waals surface area contributed by atoms with Gasteiger partial charge in [-0.2, -0.15) is 5.10 Å². The second kappa shape index (κ2) is 8.68. The van der Waals surface area contributed by atoms with Gasteiger partial charge in [-0.05, 0) is 41.0 Å². The van der Waals surface area contributed by atoms with Crippen molar-refractivity contribution in [2.24, 2.45) is 5.10 Å². The van der Waals surface area contributed by atoms with E-state index in [0.717, 1.165) is 22.4 Å². The Kier molecular flexibility index (Phi) is 5.84. The Balaban J connectivity index is 1.54. The fourth-order valence-corrected chi connectivity index (χ4v) is 3.58. The molecular weight excluding hydrogens is 405 g/mol. The molecule has 3 aromatic carbocycles. The molecule has 0 fully saturated rings. The van der Waals surface area contributed by atoms with E-state index < -0.39 is 0 Å². The van der Waals surface area contributed by atoms with E-state index in [1.165, 1.54) is 5.01 Å². The summed E-state index contributed by atoms with van der Waals surface area (Å²) in [5.74, 6) is -0.00124. The van der Waals surface area contributed by atoms with E-state index in [1.54, 1.807) is 12.1 Å². The quantitative estimate of drug-likeness (QED) is 0.573. The number of carbonyl (C=O) groups is 1. The number of halogens is 2. The molecule has 1 aliphatic rings. The Hall–Kier alpha value is -2.82. The molecule has 0 aliphatic carbocycles. The summed E-state index contributed by atoms with van der Waals surface area (Å²) in [6.45, 7) is 0.892. The normalized spacial score (nSPS) is 15.9. The first-order valence-corrected chi connectivity index (χ1v) is 10.0. The summed E-state index contributed by atoms with van der Waals surface area (Å²) in [6, 6.07) is 24.8. The SMILES string of the molecule is O=C(NCc1ccc(Cl)cc1)N1C[C@@H](c2ccccc2)C(c2ccc(Cl)cc2)=N1. The third-order valence-corrected chi connectivity index (χ3v) is 5.35. The van der Waals surface area contributed by atoms with Gasteiger partial charge in [0.15, 0.2) is 0 Å². The van der Waals surface area contributed by atoms with Gasteiger partial charge in [0.1, 0.15) is 0 Å². The van der Waals surface area contributed by atoms with Crippen LogP contribution in [0.5, 0.6) is 0 Å². The summed E-state index contributed by atoms with van der Waals surface area (Å²) in [7, 11) is 0. The first kappa shape index (κ1) is 19.5. The molecule has 146 valence electrons. The van der Waals surface area contributed by atoms with Gasteiger partial charge in [-0.15, -0.1) is 0 Å². The fourth-order valence-electron chi connectivity index (χ4n) is 3.33. The van der Waals surface area contributed by atoms with Crippen molar-refractivity contribution < 1.29 is 4.79 Å². The highest BCUT2D eigenvalue weighted by Crippen LogP contribution is 2.29. The van der Waals surface area contributed by atoms with Crippen molar-refractivity contribution in [3.63, 3.8) is 0 Å². The van der Waals surface area contributed by atoms with Crippen LogP contribution in [0.25, 0.3) is 0 Å².